The van der Waals surface area contributed by atoms with Crippen LogP contribution in [0.25, 0.3) is 0 Å². The molecule has 138 valence electrons. The van der Waals surface area contributed by atoms with E-state index in [2.05, 4.69) is 10.6 Å². The van der Waals surface area contributed by atoms with Crippen molar-refractivity contribution in [2.24, 2.45) is 5.92 Å². The summed E-state index contributed by atoms with van der Waals surface area (Å²) in [5.41, 5.74) is 1.13. The van der Waals surface area contributed by atoms with Crippen LogP contribution >= 0.6 is 11.3 Å². The van der Waals surface area contributed by atoms with E-state index in [1.54, 1.807) is 0 Å². The van der Waals surface area contributed by atoms with Gasteiger partial charge in [-0.25, -0.2) is 4.79 Å². The maximum Gasteiger partial charge on any atom is 0.341 e. The fourth-order valence-electron chi connectivity index (χ4n) is 2.49. The lowest BCUT2D eigenvalue weighted by atomic mass is 10.1. The van der Waals surface area contributed by atoms with Gasteiger partial charge in [-0.1, -0.05) is 13.8 Å². The van der Waals surface area contributed by atoms with Crippen LogP contribution in [-0.2, 0) is 14.3 Å². The largest absolute Gasteiger partial charge is 0.452 e. The summed E-state index contributed by atoms with van der Waals surface area (Å²) >= 11 is 1.36. The minimum atomic E-state index is -0.576. The van der Waals surface area contributed by atoms with Gasteiger partial charge in [0.15, 0.2) is 6.61 Å². The molecule has 0 unspecified atom stereocenters. The van der Waals surface area contributed by atoms with E-state index in [9.17, 15) is 14.4 Å². The van der Waals surface area contributed by atoms with Crippen LogP contribution in [0, 0.1) is 19.8 Å². The lowest BCUT2D eigenvalue weighted by Crippen LogP contribution is -2.36. The topological polar surface area (TPSA) is 84.5 Å². The number of esters is 1. The van der Waals surface area contributed by atoms with Gasteiger partial charge in [0.05, 0.1) is 5.56 Å². The predicted molar refractivity (Wildman–Crippen MR) is 97.9 cm³/mol. The molecule has 1 aliphatic rings. The molecule has 0 radical (unpaired) electrons. The van der Waals surface area contributed by atoms with Gasteiger partial charge in [-0.05, 0) is 45.1 Å². The number of hydrogen-bond donors (Lipinski definition) is 2. The van der Waals surface area contributed by atoms with Crippen LogP contribution < -0.4 is 10.6 Å². The molecule has 1 fully saturated rings. The molecular formula is C18H26N2O4S. The Kier molecular flexibility index (Phi) is 6.58. The Bertz CT molecular complexity index is 660. The Balaban J connectivity index is 2.00. The molecule has 0 saturated heterocycles. The number of aryl methyl sites for hydroxylation is 1. The van der Waals surface area contributed by atoms with Gasteiger partial charge in [0.25, 0.3) is 5.91 Å². The average molecular weight is 366 g/mol. The lowest BCUT2D eigenvalue weighted by molar-refractivity contribution is -0.125. The van der Waals surface area contributed by atoms with Gasteiger partial charge in [0.1, 0.15) is 5.00 Å². The number of ether oxygens (including phenoxy) is 1. The highest BCUT2D eigenvalue weighted by molar-refractivity contribution is 7.16. The molecule has 0 spiro atoms. The fraction of sp³-hybridized carbons (Fsp3) is 0.611. The van der Waals surface area contributed by atoms with Crippen molar-refractivity contribution in [2.75, 3.05) is 11.9 Å². The molecule has 25 heavy (non-hydrogen) atoms. The quantitative estimate of drug-likeness (QED) is 0.692. The Hall–Kier alpha value is -1.89. The van der Waals surface area contributed by atoms with Crippen LogP contribution in [0.2, 0.25) is 0 Å². The molecule has 1 aromatic rings. The van der Waals surface area contributed by atoms with Crippen molar-refractivity contribution in [3.63, 3.8) is 0 Å². The van der Waals surface area contributed by atoms with Crippen molar-refractivity contribution in [1.82, 2.24) is 5.32 Å². The van der Waals surface area contributed by atoms with E-state index in [0.717, 1.165) is 36.1 Å². The first-order chi connectivity index (χ1) is 11.9. The molecule has 2 amide bonds. The molecule has 6 nitrogen and oxygen atoms in total. The van der Waals surface area contributed by atoms with Crippen LogP contribution in [0.3, 0.4) is 0 Å². The minimum absolute atomic E-state index is 0.0531. The molecule has 1 aromatic heterocycles. The maximum atomic E-state index is 12.4. The summed E-state index contributed by atoms with van der Waals surface area (Å²) in [6.07, 6.45) is 3.45. The van der Waals surface area contributed by atoms with Crippen LogP contribution in [0.4, 0.5) is 5.00 Å². The highest BCUT2D eigenvalue weighted by atomic mass is 32.1. The van der Waals surface area contributed by atoms with E-state index in [1.165, 1.54) is 11.3 Å². The number of nitrogens with one attached hydrogen (secondary N) is 2. The monoisotopic (exact) mass is 366 g/mol. The van der Waals surface area contributed by atoms with Crippen molar-refractivity contribution in [2.45, 2.75) is 59.4 Å². The second-order valence-corrected chi connectivity index (χ2v) is 7.63. The zero-order valence-electron chi connectivity index (χ0n) is 15.2. The van der Waals surface area contributed by atoms with E-state index in [-0.39, 0.29) is 30.4 Å². The summed E-state index contributed by atoms with van der Waals surface area (Å²) in [6, 6.07) is 0.0877. The molecule has 0 aromatic carbocycles. The number of hydrogen-bond acceptors (Lipinski definition) is 5. The van der Waals surface area contributed by atoms with Crippen molar-refractivity contribution in [3.05, 3.63) is 16.0 Å². The summed E-state index contributed by atoms with van der Waals surface area (Å²) in [6.45, 7) is 7.38. The Labute approximate surface area is 152 Å². The molecule has 1 saturated carbocycles. The third-order valence-corrected chi connectivity index (χ3v) is 5.58. The van der Waals surface area contributed by atoms with Gasteiger partial charge in [-0.15, -0.1) is 11.3 Å². The Morgan fingerprint density at radius 3 is 2.40 bits per heavy atom. The van der Waals surface area contributed by atoms with E-state index in [1.807, 2.05) is 27.7 Å². The molecule has 1 heterocycles. The minimum Gasteiger partial charge on any atom is -0.452 e. The third kappa shape index (κ3) is 5.04. The Morgan fingerprint density at radius 2 is 1.84 bits per heavy atom. The molecule has 2 N–H and O–H groups in total. The molecule has 7 heteroatoms. The van der Waals surface area contributed by atoms with E-state index in [4.69, 9.17) is 4.74 Å². The van der Waals surface area contributed by atoms with Gasteiger partial charge < -0.3 is 15.4 Å². The zero-order chi connectivity index (χ0) is 18.6. The maximum absolute atomic E-state index is 12.4. The van der Waals surface area contributed by atoms with Gasteiger partial charge in [-0.2, -0.15) is 0 Å². The van der Waals surface area contributed by atoms with E-state index < -0.39 is 5.97 Å². The number of carbonyl (C=O) groups excluding carboxylic acids is 3. The van der Waals surface area contributed by atoms with Gasteiger partial charge in [-0.3, -0.25) is 9.59 Å². The molecule has 2 rings (SSSR count). The summed E-state index contributed by atoms with van der Waals surface area (Å²) in [7, 11) is 0. The second kappa shape index (κ2) is 8.47. The van der Waals surface area contributed by atoms with Gasteiger partial charge >= 0.3 is 5.97 Å². The SMILES string of the molecule is CCC(CC)NC(=O)COC(=O)c1c(NC(=O)C2CC2)sc(C)c1C. The van der Waals surface area contributed by atoms with Gasteiger partial charge in [0, 0.05) is 16.8 Å². The zero-order valence-corrected chi connectivity index (χ0v) is 16.0. The smallest absolute Gasteiger partial charge is 0.341 e. The van der Waals surface area contributed by atoms with Crippen LogP contribution in [0.15, 0.2) is 0 Å². The summed E-state index contributed by atoms with van der Waals surface area (Å²) in [5.74, 6) is -0.887. The first-order valence-electron chi connectivity index (χ1n) is 8.74. The fourth-order valence-corrected chi connectivity index (χ4v) is 3.54. The highest BCUT2D eigenvalue weighted by Crippen LogP contribution is 2.36. The molecular weight excluding hydrogens is 340 g/mol. The van der Waals surface area contributed by atoms with Crippen LogP contribution in [0.1, 0.15) is 60.3 Å². The molecule has 0 aliphatic heterocycles. The highest BCUT2D eigenvalue weighted by Gasteiger charge is 2.31. The second-order valence-electron chi connectivity index (χ2n) is 6.41. The molecule has 1 aliphatic carbocycles. The first kappa shape index (κ1) is 19.4. The number of carbonyl (C=O) groups is 3. The predicted octanol–water partition coefficient (Wildman–Crippen LogP) is 3.18. The standard InChI is InChI=1S/C18H26N2O4S/c1-5-13(6-2)19-14(21)9-24-18(23)15-10(3)11(4)25-17(15)20-16(22)12-7-8-12/h12-13H,5-9H2,1-4H3,(H,19,21)(H,20,22). The van der Waals surface area contributed by atoms with Crippen molar-refractivity contribution in [3.8, 4) is 0 Å². The average Bonchev–Trinajstić information content (AvgIpc) is 3.38. The van der Waals surface area contributed by atoms with Crippen molar-refractivity contribution >= 4 is 34.1 Å². The van der Waals surface area contributed by atoms with Crippen LogP contribution in [-0.4, -0.2) is 30.4 Å². The van der Waals surface area contributed by atoms with Crippen LogP contribution in [0.5, 0.6) is 0 Å². The number of rotatable bonds is 8. The van der Waals surface area contributed by atoms with Gasteiger partial charge in [0.2, 0.25) is 5.91 Å². The third-order valence-electron chi connectivity index (χ3n) is 4.46. The van der Waals surface area contributed by atoms with E-state index in [0.29, 0.717) is 10.6 Å². The summed E-state index contributed by atoms with van der Waals surface area (Å²) in [5, 5.41) is 6.17. The lowest BCUT2D eigenvalue weighted by Gasteiger charge is -2.14. The Morgan fingerprint density at radius 1 is 1.20 bits per heavy atom. The molecule has 0 bridgehead atoms. The number of amides is 2. The summed E-state index contributed by atoms with van der Waals surface area (Å²) in [4.78, 5) is 37.3. The van der Waals surface area contributed by atoms with Crippen molar-refractivity contribution < 1.29 is 19.1 Å². The molecule has 0 atom stereocenters. The first-order valence-corrected chi connectivity index (χ1v) is 9.56. The normalized spacial score (nSPS) is 13.6. The number of thiophene rings is 1. The number of anilines is 1. The van der Waals surface area contributed by atoms with E-state index >= 15 is 0 Å². The summed E-state index contributed by atoms with van der Waals surface area (Å²) < 4.78 is 5.18. The van der Waals surface area contributed by atoms with Crippen molar-refractivity contribution in [1.29, 1.82) is 0 Å².